The van der Waals surface area contributed by atoms with Gasteiger partial charge in [0, 0.05) is 11.6 Å². The SMILES string of the molecule is C#CC(CC)NC(C)c1ccccc1O. The molecule has 2 atom stereocenters. The average Bonchev–Trinajstić information content (AvgIpc) is 2.26. The van der Waals surface area contributed by atoms with Crippen molar-refractivity contribution in [3.05, 3.63) is 29.8 Å². The molecule has 0 bridgehead atoms. The van der Waals surface area contributed by atoms with Crippen LogP contribution in [0.3, 0.4) is 0 Å². The van der Waals surface area contributed by atoms with Crippen LogP contribution in [0.1, 0.15) is 31.9 Å². The van der Waals surface area contributed by atoms with Crippen molar-refractivity contribution in [2.45, 2.75) is 32.4 Å². The van der Waals surface area contributed by atoms with Gasteiger partial charge in [0.1, 0.15) is 5.75 Å². The van der Waals surface area contributed by atoms with E-state index in [-0.39, 0.29) is 12.1 Å². The maximum Gasteiger partial charge on any atom is 0.120 e. The summed E-state index contributed by atoms with van der Waals surface area (Å²) in [6.45, 7) is 4.03. The minimum absolute atomic E-state index is 0.0552. The molecule has 0 aliphatic carbocycles. The smallest absolute Gasteiger partial charge is 0.120 e. The van der Waals surface area contributed by atoms with Crippen molar-refractivity contribution in [1.82, 2.24) is 5.32 Å². The number of rotatable bonds is 4. The second kappa shape index (κ2) is 5.43. The first-order chi connectivity index (χ1) is 7.19. The minimum Gasteiger partial charge on any atom is -0.508 e. The molecule has 1 aromatic carbocycles. The molecule has 15 heavy (non-hydrogen) atoms. The van der Waals surface area contributed by atoms with Gasteiger partial charge in [0.2, 0.25) is 0 Å². The van der Waals surface area contributed by atoms with Crippen LogP contribution in [0.15, 0.2) is 24.3 Å². The van der Waals surface area contributed by atoms with Crippen molar-refractivity contribution in [3.63, 3.8) is 0 Å². The van der Waals surface area contributed by atoms with Crippen molar-refractivity contribution in [2.75, 3.05) is 0 Å². The Kier molecular flexibility index (Phi) is 4.20. The first-order valence-corrected chi connectivity index (χ1v) is 5.19. The molecule has 0 saturated heterocycles. The predicted molar refractivity (Wildman–Crippen MR) is 62.6 cm³/mol. The van der Waals surface area contributed by atoms with Crippen molar-refractivity contribution < 1.29 is 5.11 Å². The second-order valence-electron chi connectivity index (χ2n) is 3.57. The lowest BCUT2D eigenvalue weighted by atomic mass is 10.1. The average molecular weight is 203 g/mol. The first-order valence-electron chi connectivity index (χ1n) is 5.19. The molecule has 2 unspecified atom stereocenters. The molecule has 0 amide bonds. The zero-order valence-electron chi connectivity index (χ0n) is 9.20. The van der Waals surface area contributed by atoms with Crippen LogP contribution in [0.5, 0.6) is 5.75 Å². The fraction of sp³-hybridized carbons (Fsp3) is 0.385. The van der Waals surface area contributed by atoms with Gasteiger partial charge in [0.05, 0.1) is 6.04 Å². The van der Waals surface area contributed by atoms with E-state index < -0.39 is 0 Å². The van der Waals surface area contributed by atoms with Crippen molar-refractivity contribution in [1.29, 1.82) is 0 Å². The molecule has 2 N–H and O–H groups in total. The lowest BCUT2D eigenvalue weighted by Gasteiger charge is -2.19. The Morgan fingerprint density at radius 3 is 2.67 bits per heavy atom. The van der Waals surface area contributed by atoms with Gasteiger partial charge in [0.15, 0.2) is 0 Å². The number of hydrogen-bond donors (Lipinski definition) is 2. The van der Waals surface area contributed by atoms with E-state index in [1.54, 1.807) is 6.07 Å². The van der Waals surface area contributed by atoms with Crippen LogP contribution < -0.4 is 5.32 Å². The Morgan fingerprint density at radius 2 is 2.13 bits per heavy atom. The Bertz CT molecular complexity index is 354. The summed E-state index contributed by atoms with van der Waals surface area (Å²) in [5.74, 6) is 2.99. The minimum atomic E-state index is 0.0552. The predicted octanol–water partition coefficient (Wildman–Crippen LogP) is 2.45. The molecule has 1 aromatic rings. The van der Waals surface area contributed by atoms with Gasteiger partial charge >= 0.3 is 0 Å². The number of benzene rings is 1. The number of phenols is 1. The van der Waals surface area contributed by atoms with Crippen LogP contribution >= 0.6 is 0 Å². The summed E-state index contributed by atoms with van der Waals surface area (Å²) in [6.07, 6.45) is 6.26. The van der Waals surface area contributed by atoms with Crippen molar-refractivity contribution in [3.8, 4) is 18.1 Å². The number of phenolic OH excluding ortho intramolecular Hbond substituents is 1. The highest BCUT2D eigenvalue weighted by Crippen LogP contribution is 2.23. The van der Waals surface area contributed by atoms with E-state index >= 15 is 0 Å². The molecule has 0 heterocycles. The molecule has 0 saturated carbocycles. The molecule has 2 nitrogen and oxygen atoms in total. The molecule has 0 aliphatic heterocycles. The summed E-state index contributed by atoms with van der Waals surface area (Å²) in [5.41, 5.74) is 0.881. The van der Waals surface area contributed by atoms with Crippen LogP contribution in [0.25, 0.3) is 0 Å². The summed E-state index contributed by atoms with van der Waals surface area (Å²) in [4.78, 5) is 0. The molecular weight excluding hydrogens is 186 g/mol. The van der Waals surface area contributed by atoms with E-state index in [0.717, 1.165) is 12.0 Å². The second-order valence-corrected chi connectivity index (χ2v) is 3.57. The van der Waals surface area contributed by atoms with Gasteiger partial charge in [-0.3, -0.25) is 5.32 Å². The highest BCUT2D eigenvalue weighted by molar-refractivity contribution is 5.34. The lowest BCUT2D eigenvalue weighted by molar-refractivity contribution is 0.444. The Morgan fingerprint density at radius 1 is 1.47 bits per heavy atom. The largest absolute Gasteiger partial charge is 0.508 e. The fourth-order valence-corrected chi connectivity index (χ4v) is 1.53. The zero-order chi connectivity index (χ0) is 11.3. The number of para-hydroxylation sites is 1. The van der Waals surface area contributed by atoms with E-state index in [1.807, 2.05) is 32.0 Å². The van der Waals surface area contributed by atoms with Gasteiger partial charge in [-0.2, -0.15) is 0 Å². The van der Waals surface area contributed by atoms with E-state index in [1.165, 1.54) is 0 Å². The molecule has 0 fully saturated rings. The summed E-state index contributed by atoms with van der Waals surface area (Å²) in [5, 5.41) is 12.9. The third-order valence-corrected chi connectivity index (χ3v) is 2.46. The number of hydrogen-bond acceptors (Lipinski definition) is 2. The van der Waals surface area contributed by atoms with Crippen LogP contribution in [0, 0.1) is 12.3 Å². The van der Waals surface area contributed by atoms with E-state index in [2.05, 4.69) is 11.2 Å². The zero-order valence-corrected chi connectivity index (χ0v) is 9.20. The van der Waals surface area contributed by atoms with Crippen molar-refractivity contribution in [2.24, 2.45) is 0 Å². The molecule has 0 radical (unpaired) electrons. The summed E-state index contributed by atoms with van der Waals surface area (Å²) in [7, 11) is 0. The molecular formula is C13H17NO. The quantitative estimate of drug-likeness (QED) is 0.737. The molecule has 80 valence electrons. The lowest BCUT2D eigenvalue weighted by Crippen LogP contribution is -2.29. The number of aromatic hydroxyl groups is 1. The summed E-state index contributed by atoms with van der Waals surface area (Å²) >= 11 is 0. The Labute approximate surface area is 91.3 Å². The monoisotopic (exact) mass is 203 g/mol. The summed E-state index contributed by atoms with van der Waals surface area (Å²) in [6, 6.07) is 7.42. The van der Waals surface area contributed by atoms with Crippen LogP contribution in [0.4, 0.5) is 0 Å². The van der Waals surface area contributed by atoms with Crippen molar-refractivity contribution >= 4 is 0 Å². The normalized spacial score (nSPS) is 14.2. The number of terminal acetylenes is 1. The third-order valence-electron chi connectivity index (χ3n) is 2.46. The molecule has 1 rings (SSSR count). The third kappa shape index (κ3) is 3.00. The topological polar surface area (TPSA) is 32.3 Å². The van der Waals surface area contributed by atoms with E-state index in [0.29, 0.717) is 5.75 Å². The van der Waals surface area contributed by atoms with Gasteiger partial charge in [-0.1, -0.05) is 31.0 Å². The van der Waals surface area contributed by atoms with E-state index in [9.17, 15) is 5.11 Å². The van der Waals surface area contributed by atoms with Gasteiger partial charge in [-0.25, -0.2) is 0 Å². The van der Waals surface area contributed by atoms with Crippen LogP contribution in [-0.4, -0.2) is 11.1 Å². The fourth-order valence-electron chi connectivity index (χ4n) is 1.53. The van der Waals surface area contributed by atoms with Gasteiger partial charge in [-0.15, -0.1) is 6.42 Å². The van der Waals surface area contributed by atoms with Crippen LogP contribution in [-0.2, 0) is 0 Å². The highest BCUT2D eigenvalue weighted by atomic mass is 16.3. The maximum atomic E-state index is 9.65. The molecule has 0 aromatic heterocycles. The summed E-state index contributed by atoms with van der Waals surface area (Å²) < 4.78 is 0. The Balaban J connectivity index is 2.73. The van der Waals surface area contributed by atoms with Gasteiger partial charge in [-0.05, 0) is 19.4 Å². The Hall–Kier alpha value is -1.46. The highest BCUT2D eigenvalue weighted by Gasteiger charge is 2.12. The number of nitrogens with one attached hydrogen (secondary N) is 1. The van der Waals surface area contributed by atoms with Gasteiger partial charge in [0.25, 0.3) is 0 Å². The maximum absolute atomic E-state index is 9.65. The molecule has 0 spiro atoms. The van der Waals surface area contributed by atoms with Crippen LogP contribution in [0.2, 0.25) is 0 Å². The molecule has 0 aliphatic rings. The van der Waals surface area contributed by atoms with E-state index in [4.69, 9.17) is 6.42 Å². The molecule has 2 heteroatoms. The first kappa shape index (κ1) is 11.6. The standard InChI is InChI=1S/C13H17NO/c1-4-11(5-2)14-10(3)12-8-6-7-9-13(12)15/h1,6-11,14-15H,5H2,2-3H3. The van der Waals surface area contributed by atoms with Gasteiger partial charge < -0.3 is 5.11 Å².